The molecule has 0 radical (unpaired) electrons. The fourth-order valence-corrected chi connectivity index (χ4v) is 3.63. The number of carbonyl (C=O) groups excluding carboxylic acids is 1. The molecule has 0 unspecified atom stereocenters. The van der Waals surface area contributed by atoms with Gasteiger partial charge in [-0.2, -0.15) is 0 Å². The Morgan fingerprint density at radius 3 is 2.75 bits per heavy atom. The molecule has 1 aliphatic carbocycles. The lowest BCUT2D eigenvalue weighted by molar-refractivity contribution is -0.0886. The fourth-order valence-electron chi connectivity index (χ4n) is 3.63. The second-order valence-electron chi connectivity index (χ2n) is 6.41. The number of benzene rings is 1. The largest absolute Gasteiger partial charge is 0.389 e. The van der Waals surface area contributed by atoms with Crippen LogP contribution in [-0.2, 0) is 0 Å². The maximum atomic E-state index is 12.5. The van der Waals surface area contributed by atoms with E-state index in [2.05, 4.69) is 0 Å². The molecule has 1 aromatic rings. The third-order valence-corrected chi connectivity index (χ3v) is 5.01. The Morgan fingerprint density at radius 1 is 1.25 bits per heavy atom. The Bertz CT molecular complexity index is 496. The standard InChI is InChI=1S/C17H23NO2/c1-13-5-7-14(8-6-13)16(19)18-11-10-17(20)9-3-2-4-15(17)12-18/h5-8,15,20H,2-4,9-12H2,1H3/t15-,17-/m0/s1. The summed E-state index contributed by atoms with van der Waals surface area (Å²) in [6.07, 6.45) is 4.99. The highest BCUT2D eigenvalue weighted by molar-refractivity contribution is 5.94. The van der Waals surface area contributed by atoms with E-state index in [1.54, 1.807) is 0 Å². The number of aliphatic hydroxyl groups is 1. The van der Waals surface area contributed by atoms with Crippen molar-refractivity contribution in [1.29, 1.82) is 0 Å². The number of fused-ring (bicyclic) bond motifs is 1. The average Bonchev–Trinajstić information content (AvgIpc) is 2.46. The summed E-state index contributed by atoms with van der Waals surface area (Å²) in [6, 6.07) is 7.76. The van der Waals surface area contributed by atoms with Gasteiger partial charge in [0.1, 0.15) is 0 Å². The van der Waals surface area contributed by atoms with Gasteiger partial charge in [-0.05, 0) is 38.3 Å². The number of hydrogen-bond donors (Lipinski definition) is 1. The molecular formula is C17H23NO2. The van der Waals surface area contributed by atoms with Crippen LogP contribution in [0.3, 0.4) is 0 Å². The summed E-state index contributed by atoms with van der Waals surface area (Å²) in [6.45, 7) is 3.42. The molecule has 108 valence electrons. The van der Waals surface area contributed by atoms with Crippen LogP contribution in [0.5, 0.6) is 0 Å². The molecule has 20 heavy (non-hydrogen) atoms. The van der Waals surface area contributed by atoms with Gasteiger partial charge in [0.15, 0.2) is 0 Å². The van der Waals surface area contributed by atoms with E-state index in [1.165, 1.54) is 12.0 Å². The van der Waals surface area contributed by atoms with Gasteiger partial charge in [-0.1, -0.05) is 30.5 Å². The first kappa shape index (κ1) is 13.6. The van der Waals surface area contributed by atoms with Crippen molar-refractivity contribution in [3.63, 3.8) is 0 Å². The Balaban J connectivity index is 1.72. The van der Waals surface area contributed by atoms with E-state index >= 15 is 0 Å². The van der Waals surface area contributed by atoms with E-state index in [0.717, 1.165) is 31.2 Å². The van der Waals surface area contributed by atoms with E-state index in [1.807, 2.05) is 36.1 Å². The van der Waals surface area contributed by atoms with Crippen molar-refractivity contribution in [2.45, 2.75) is 44.6 Å². The average molecular weight is 273 g/mol. The minimum Gasteiger partial charge on any atom is -0.389 e. The van der Waals surface area contributed by atoms with Crippen LogP contribution in [0.4, 0.5) is 0 Å². The van der Waals surface area contributed by atoms with Gasteiger partial charge in [-0.25, -0.2) is 0 Å². The number of rotatable bonds is 1. The molecule has 2 fully saturated rings. The lowest BCUT2D eigenvalue weighted by atomic mass is 9.71. The molecule has 1 saturated heterocycles. The van der Waals surface area contributed by atoms with Crippen molar-refractivity contribution in [3.05, 3.63) is 35.4 Å². The van der Waals surface area contributed by atoms with E-state index in [9.17, 15) is 9.90 Å². The summed E-state index contributed by atoms with van der Waals surface area (Å²) in [5.74, 6) is 0.372. The van der Waals surface area contributed by atoms with Crippen LogP contribution in [0.15, 0.2) is 24.3 Å². The van der Waals surface area contributed by atoms with Crippen LogP contribution >= 0.6 is 0 Å². The molecule has 1 N–H and O–H groups in total. The number of amides is 1. The van der Waals surface area contributed by atoms with E-state index in [0.29, 0.717) is 13.1 Å². The molecular weight excluding hydrogens is 250 g/mol. The maximum absolute atomic E-state index is 12.5. The zero-order chi connectivity index (χ0) is 14.2. The molecule has 2 atom stereocenters. The van der Waals surface area contributed by atoms with E-state index in [4.69, 9.17) is 0 Å². The van der Waals surface area contributed by atoms with Crippen molar-refractivity contribution in [1.82, 2.24) is 4.90 Å². The molecule has 3 nitrogen and oxygen atoms in total. The van der Waals surface area contributed by atoms with Crippen molar-refractivity contribution < 1.29 is 9.90 Å². The van der Waals surface area contributed by atoms with Gasteiger partial charge in [0, 0.05) is 24.6 Å². The quantitative estimate of drug-likeness (QED) is 0.854. The smallest absolute Gasteiger partial charge is 0.253 e. The molecule has 3 rings (SSSR count). The minimum absolute atomic E-state index is 0.109. The highest BCUT2D eigenvalue weighted by Gasteiger charge is 2.43. The van der Waals surface area contributed by atoms with Crippen molar-refractivity contribution >= 4 is 5.91 Å². The van der Waals surface area contributed by atoms with Gasteiger partial charge >= 0.3 is 0 Å². The predicted molar refractivity (Wildman–Crippen MR) is 78.6 cm³/mol. The highest BCUT2D eigenvalue weighted by Crippen LogP contribution is 2.39. The van der Waals surface area contributed by atoms with Gasteiger partial charge in [-0.15, -0.1) is 0 Å². The number of hydrogen-bond acceptors (Lipinski definition) is 2. The minimum atomic E-state index is -0.512. The first-order valence-electron chi connectivity index (χ1n) is 7.67. The number of piperidine rings is 1. The topological polar surface area (TPSA) is 40.5 Å². The first-order valence-corrected chi connectivity index (χ1v) is 7.67. The molecule has 1 heterocycles. The van der Waals surface area contributed by atoms with E-state index in [-0.39, 0.29) is 11.8 Å². The van der Waals surface area contributed by atoms with Gasteiger partial charge in [0.2, 0.25) is 0 Å². The molecule has 0 aromatic heterocycles. The van der Waals surface area contributed by atoms with E-state index < -0.39 is 5.60 Å². The van der Waals surface area contributed by atoms with Gasteiger partial charge in [0.25, 0.3) is 5.91 Å². The molecule has 1 amide bonds. The first-order chi connectivity index (χ1) is 9.58. The van der Waals surface area contributed by atoms with Gasteiger partial charge < -0.3 is 10.0 Å². The fraction of sp³-hybridized carbons (Fsp3) is 0.588. The third-order valence-electron chi connectivity index (χ3n) is 5.01. The Morgan fingerprint density at radius 2 is 2.00 bits per heavy atom. The number of aryl methyl sites for hydroxylation is 1. The van der Waals surface area contributed by atoms with Crippen LogP contribution in [0.2, 0.25) is 0 Å². The molecule has 0 bridgehead atoms. The zero-order valence-corrected chi connectivity index (χ0v) is 12.1. The molecule has 0 spiro atoms. The Labute approximate surface area is 120 Å². The molecule has 1 saturated carbocycles. The molecule has 1 aliphatic heterocycles. The monoisotopic (exact) mass is 273 g/mol. The number of likely N-dealkylation sites (tertiary alicyclic amines) is 1. The van der Waals surface area contributed by atoms with Crippen LogP contribution in [-0.4, -0.2) is 34.6 Å². The van der Waals surface area contributed by atoms with Crippen molar-refractivity contribution in [2.24, 2.45) is 5.92 Å². The Kier molecular flexibility index (Phi) is 3.55. The number of carbonyl (C=O) groups is 1. The molecule has 2 aliphatic rings. The summed E-state index contributed by atoms with van der Waals surface area (Å²) < 4.78 is 0. The van der Waals surface area contributed by atoms with Crippen molar-refractivity contribution in [3.8, 4) is 0 Å². The molecule has 3 heteroatoms. The second kappa shape index (κ2) is 5.21. The summed E-state index contributed by atoms with van der Waals surface area (Å²) >= 11 is 0. The lowest BCUT2D eigenvalue weighted by Crippen LogP contribution is -2.54. The maximum Gasteiger partial charge on any atom is 0.253 e. The summed E-state index contributed by atoms with van der Waals surface area (Å²) in [5.41, 5.74) is 1.42. The molecule has 1 aromatic carbocycles. The zero-order valence-electron chi connectivity index (χ0n) is 12.1. The van der Waals surface area contributed by atoms with Crippen LogP contribution in [0, 0.1) is 12.8 Å². The normalized spacial score (nSPS) is 29.9. The predicted octanol–water partition coefficient (Wildman–Crippen LogP) is 2.76. The summed E-state index contributed by atoms with van der Waals surface area (Å²) in [5, 5.41) is 10.7. The summed E-state index contributed by atoms with van der Waals surface area (Å²) in [4.78, 5) is 14.5. The van der Waals surface area contributed by atoms with Gasteiger partial charge in [0.05, 0.1) is 5.60 Å². The number of nitrogens with zero attached hydrogens (tertiary/aromatic N) is 1. The SMILES string of the molecule is Cc1ccc(C(=O)N2CC[C@@]3(O)CCCC[C@H]3C2)cc1. The second-order valence-corrected chi connectivity index (χ2v) is 6.41. The Hall–Kier alpha value is -1.35. The van der Waals surface area contributed by atoms with Crippen LogP contribution in [0.1, 0.15) is 48.0 Å². The van der Waals surface area contributed by atoms with Crippen molar-refractivity contribution in [2.75, 3.05) is 13.1 Å². The van der Waals surface area contributed by atoms with Crippen LogP contribution in [0.25, 0.3) is 0 Å². The van der Waals surface area contributed by atoms with Crippen LogP contribution < -0.4 is 0 Å². The highest BCUT2D eigenvalue weighted by atomic mass is 16.3. The van der Waals surface area contributed by atoms with Gasteiger partial charge in [-0.3, -0.25) is 4.79 Å². The third kappa shape index (κ3) is 2.47. The lowest BCUT2D eigenvalue weighted by Gasteiger charge is -2.47. The summed E-state index contributed by atoms with van der Waals surface area (Å²) in [7, 11) is 0.